The number of unbranched alkanes of at least 4 members (excludes halogenated alkanes) is 5. The van der Waals surface area contributed by atoms with Gasteiger partial charge in [-0.2, -0.15) is 0 Å². The zero-order valence-corrected chi connectivity index (χ0v) is 14.5. The molecule has 0 aliphatic heterocycles. The molecule has 1 rings (SSSR count). The molecule has 4 heteroatoms. The summed E-state index contributed by atoms with van der Waals surface area (Å²) in [6.45, 7) is 3.03. The maximum atomic E-state index is 12.5. The molecule has 126 valence electrons. The largest absolute Gasteiger partial charge is 0.507 e. The third-order valence-electron chi connectivity index (χ3n) is 3.75. The Balaban J connectivity index is 0.00000211. The summed E-state index contributed by atoms with van der Waals surface area (Å²) in [4.78, 5) is 12.5. The highest BCUT2D eigenvalue weighted by Gasteiger charge is 2.29. The summed E-state index contributed by atoms with van der Waals surface area (Å²) in [5.74, 6) is 0.0586. The van der Waals surface area contributed by atoms with Crippen molar-refractivity contribution >= 4 is 5.91 Å². The van der Waals surface area contributed by atoms with Gasteiger partial charge in [0.2, 0.25) is 0 Å². The molecule has 0 fully saturated rings. The third-order valence-corrected chi connectivity index (χ3v) is 3.75. The highest BCUT2D eigenvalue weighted by molar-refractivity contribution is 5.91. The molecule has 0 saturated carbocycles. The predicted molar refractivity (Wildman–Crippen MR) is 90.9 cm³/mol. The van der Waals surface area contributed by atoms with Crippen LogP contribution in [-0.2, 0) is 0 Å². The summed E-state index contributed by atoms with van der Waals surface area (Å²) in [6, 6.07) is 6.79. The van der Waals surface area contributed by atoms with Crippen LogP contribution in [0.15, 0.2) is 24.3 Å². The Bertz CT molecular complexity index is 430. The minimum atomic E-state index is -0.0170. The Labute approximate surface area is 135 Å². The Kier molecular flexibility index (Phi) is 10.5. The fourth-order valence-electron chi connectivity index (χ4n) is 2.37. The van der Waals surface area contributed by atoms with Gasteiger partial charge in [0, 0.05) is 7.11 Å². The molecule has 0 radical (unpaired) electrons. The highest BCUT2D eigenvalue weighted by Crippen LogP contribution is 2.20. The summed E-state index contributed by atoms with van der Waals surface area (Å²) in [5.41, 5.74) is 0.420. The number of carbonyl (C=O) groups excluding carboxylic acids is 1. The number of benzene rings is 1. The molecular formula is C18H32NO3+. The molecule has 1 aromatic carbocycles. The number of hydrogen-bond donors (Lipinski definition) is 2. The van der Waals surface area contributed by atoms with Gasteiger partial charge in [-0.1, -0.05) is 44.7 Å². The molecule has 0 saturated heterocycles. The molecule has 0 heterocycles. The van der Waals surface area contributed by atoms with Crippen LogP contribution in [0.25, 0.3) is 0 Å². The van der Waals surface area contributed by atoms with E-state index < -0.39 is 0 Å². The quantitative estimate of drug-likeness (QED) is 0.570. The second-order valence-corrected chi connectivity index (χ2v) is 6.00. The molecule has 0 spiro atoms. The molecule has 2 N–H and O–H groups in total. The summed E-state index contributed by atoms with van der Waals surface area (Å²) < 4.78 is 0.297. The van der Waals surface area contributed by atoms with Gasteiger partial charge in [0.15, 0.2) is 0 Å². The van der Waals surface area contributed by atoms with E-state index in [-0.39, 0.29) is 11.7 Å². The molecular weight excluding hydrogens is 278 g/mol. The highest BCUT2D eigenvalue weighted by atomic mass is 16.3. The lowest BCUT2D eigenvalue weighted by Crippen LogP contribution is -2.46. The predicted octanol–water partition coefficient (Wildman–Crippen LogP) is 3.58. The Hall–Kier alpha value is -1.39. The van der Waals surface area contributed by atoms with Crippen LogP contribution in [0.4, 0.5) is 0 Å². The lowest BCUT2D eigenvalue weighted by atomic mass is 10.1. The van der Waals surface area contributed by atoms with Crippen LogP contribution >= 0.6 is 0 Å². The van der Waals surface area contributed by atoms with Crippen molar-refractivity contribution in [1.29, 1.82) is 0 Å². The smallest absolute Gasteiger partial charge is 0.349 e. The van der Waals surface area contributed by atoms with Crippen molar-refractivity contribution in [3.8, 4) is 5.75 Å². The van der Waals surface area contributed by atoms with Crippen LogP contribution in [0, 0.1) is 0 Å². The van der Waals surface area contributed by atoms with Gasteiger partial charge in [-0.3, -0.25) is 4.48 Å². The van der Waals surface area contributed by atoms with Crippen molar-refractivity contribution in [1.82, 2.24) is 0 Å². The zero-order valence-electron chi connectivity index (χ0n) is 14.5. The second-order valence-electron chi connectivity index (χ2n) is 6.00. The molecule has 0 aliphatic carbocycles. The van der Waals surface area contributed by atoms with Gasteiger partial charge in [0.25, 0.3) is 0 Å². The van der Waals surface area contributed by atoms with Crippen LogP contribution in [-0.4, -0.2) is 48.4 Å². The number of nitrogens with zero attached hydrogens (tertiary/aromatic N) is 1. The number of aliphatic hydroxyl groups excluding tert-OH is 1. The van der Waals surface area contributed by atoms with E-state index in [0.717, 1.165) is 20.1 Å². The lowest BCUT2D eigenvalue weighted by Gasteiger charge is -2.27. The topological polar surface area (TPSA) is 57.5 Å². The Morgan fingerprint density at radius 2 is 1.55 bits per heavy atom. The first-order chi connectivity index (χ1) is 10.5. The van der Waals surface area contributed by atoms with Gasteiger partial charge < -0.3 is 10.2 Å². The molecule has 0 bridgehead atoms. The van der Waals surface area contributed by atoms with Crippen LogP contribution < -0.4 is 0 Å². The molecule has 1 amide bonds. The summed E-state index contributed by atoms with van der Waals surface area (Å²) in [5, 5.41) is 16.8. The van der Waals surface area contributed by atoms with Crippen molar-refractivity contribution in [3.05, 3.63) is 29.8 Å². The number of para-hydroxylation sites is 1. The number of aromatic hydroxyl groups is 1. The average Bonchev–Trinajstić information content (AvgIpc) is 2.52. The maximum Gasteiger partial charge on any atom is 0.349 e. The molecule has 0 unspecified atom stereocenters. The van der Waals surface area contributed by atoms with E-state index >= 15 is 0 Å². The fourth-order valence-corrected chi connectivity index (χ4v) is 2.37. The average molecular weight is 310 g/mol. The number of carbonyl (C=O) groups is 1. The van der Waals surface area contributed by atoms with E-state index in [2.05, 4.69) is 6.92 Å². The zero-order chi connectivity index (χ0) is 17.0. The van der Waals surface area contributed by atoms with Crippen LogP contribution in [0.2, 0.25) is 0 Å². The molecule has 0 atom stereocenters. The summed E-state index contributed by atoms with van der Waals surface area (Å²) in [6.07, 6.45) is 7.32. The van der Waals surface area contributed by atoms with Gasteiger partial charge in [-0.25, -0.2) is 4.79 Å². The molecule has 0 aliphatic rings. The third kappa shape index (κ3) is 7.05. The van der Waals surface area contributed by atoms with E-state index in [0.29, 0.717) is 10.0 Å². The number of phenolic OH excluding ortho intramolecular Hbond substituents is 1. The standard InChI is InChI=1S/C17H27NO2.CH4O/c1-4-5-6-7-8-11-14-18(2,3)17(20)15-12-9-10-13-16(15)19;1-2/h9-10,12-13H,4-8,11,14H2,1-3H3;2H,1H3/p+1. The van der Waals surface area contributed by atoms with Gasteiger partial charge >= 0.3 is 5.91 Å². The van der Waals surface area contributed by atoms with Crippen molar-refractivity contribution < 1.29 is 19.5 Å². The van der Waals surface area contributed by atoms with Gasteiger partial charge in [0.1, 0.15) is 11.3 Å². The SMILES string of the molecule is CCCCCCCC[N+](C)(C)C(=O)c1ccccc1O.CO. The van der Waals surface area contributed by atoms with Crippen molar-refractivity contribution in [2.45, 2.75) is 45.4 Å². The number of phenols is 1. The van der Waals surface area contributed by atoms with E-state index in [9.17, 15) is 9.90 Å². The fraction of sp³-hybridized carbons (Fsp3) is 0.611. The molecule has 1 aromatic rings. The minimum absolute atomic E-state index is 0.0170. The first-order valence-corrected chi connectivity index (χ1v) is 8.09. The molecule has 22 heavy (non-hydrogen) atoms. The summed E-state index contributed by atoms with van der Waals surface area (Å²) >= 11 is 0. The number of aliphatic hydroxyl groups is 1. The first kappa shape index (κ1) is 20.6. The van der Waals surface area contributed by atoms with Crippen molar-refractivity contribution in [2.75, 3.05) is 27.7 Å². The van der Waals surface area contributed by atoms with E-state index in [1.165, 1.54) is 32.1 Å². The number of quaternary nitrogens is 1. The van der Waals surface area contributed by atoms with Crippen LogP contribution in [0.3, 0.4) is 0 Å². The number of rotatable bonds is 8. The monoisotopic (exact) mass is 310 g/mol. The molecule has 0 aromatic heterocycles. The van der Waals surface area contributed by atoms with Crippen LogP contribution in [0.5, 0.6) is 5.75 Å². The maximum absolute atomic E-state index is 12.5. The number of amides is 1. The minimum Gasteiger partial charge on any atom is -0.507 e. The van der Waals surface area contributed by atoms with Gasteiger partial charge in [0.05, 0.1) is 20.6 Å². The van der Waals surface area contributed by atoms with Crippen LogP contribution in [0.1, 0.15) is 55.8 Å². The molecule has 4 nitrogen and oxygen atoms in total. The normalized spacial score (nSPS) is 10.8. The lowest BCUT2D eigenvalue weighted by molar-refractivity contribution is -0.807. The van der Waals surface area contributed by atoms with Crippen molar-refractivity contribution in [3.63, 3.8) is 0 Å². The number of hydrogen-bond acceptors (Lipinski definition) is 3. The Morgan fingerprint density at radius 1 is 1.00 bits per heavy atom. The first-order valence-electron chi connectivity index (χ1n) is 8.09. The van der Waals surface area contributed by atoms with E-state index in [1.807, 2.05) is 14.1 Å². The van der Waals surface area contributed by atoms with E-state index in [1.54, 1.807) is 24.3 Å². The Morgan fingerprint density at radius 3 is 2.14 bits per heavy atom. The van der Waals surface area contributed by atoms with Gasteiger partial charge in [-0.15, -0.1) is 0 Å². The van der Waals surface area contributed by atoms with E-state index in [4.69, 9.17) is 5.11 Å². The van der Waals surface area contributed by atoms with Crippen molar-refractivity contribution in [2.24, 2.45) is 0 Å². The summed E-state index contributed by atoms with van der Waals surface area (Å²) in [7, 11) is 4.83. The van der Waals surface area contributed by atoms with Gasteiger partial charge in [-0.05, 0) is 25.0 Å². The second kappa shape index (κ2) is 11.2.